The molecule has 0 aliphatic heterocycles. The van der Waals surface area contributed by atoms with Gasteiger partial charge < -0.3 is 4.74 Å². The fourth-order valence-electron chi connectivity index (χ4n) is 1.97. The first-order chi connectivity index (χ1) is 10.4. The van der Waals surface area contributed by atoms with E-state index in [1.807, 2.05) is 42.5 Å². The molecule has 0 atom stereocenters. The van der Waals surface area contributed by atoms with Crippen molar-refractivity contribution in [3.05, 3.63) is 60.6 Å². The van der Waals surface area contributed by atoms with Crippen LogP contribution < -0.4 is 10.2 Å². The van der Waals surface area contributed by atoms with E-state index >= 15 is 0 Å². The Kier molecular flexibility index (Phi) is 3.73. The van der Waals surface area contributed by atoms with Crippen molar-refractivity contribution in [1.82, 2.24) is 9.97 Å². The highest BCUT2D eigenvalue weighted by Crippen LogP contribution is 2.25. The van der Waals surface area contributed by atoms with Crippen molar-refractivity contribution >= 4 is 22.8 Å². The van der Waals surface area contributed by atoms with Crippen molar-refractivity contribution in [3.63, 3.8) is 0 Å². The zero-order chi connectivity index (χ0) is 14.5. The van der Waals surface area contributed by atoms with E-state index in [9.17, 15) is 0 Å². The largest absolute Gasteiger partial charge is 0.497 e. The quantitative estimate of drug-likeness (QED) is 0.588. The van der Waals surface area contributed by atoms with Crippen LogP contribution in [0.2, 0.25) is 0 Å². The van der Waals surface area contributed by atoms with Crippen molar-refractivity contribution < 1.29 is 4.74 Å². The predicted molar refractivity (Wildman–Crippen MR) is 83.7 cm³/mol. The predicted octanol–water partition coefficient (Wildman–Crippen LogP) is 3.08. The Hall–Kier alpha value is -2.95. The molecule has 1 N–H and O–H groups in total. The van der Waals surface area contributed by atoms with Gasteiger partial charge in [-0.25, -0.2) is 0 Å². The highest BCUT2D eigenvalue weighted by molar-refractivity contribution is 5.92. The van der Waals surface area contributed by atoms with E-state index < -0.39 is 0 Å². The van der Waals surface area contributed by atoms with Gasteiger partial charge >= 0.3 is 0 Å². The summed E-state index contributed by atoms with van der Waals surface area (Å²) >= 11 is 0. The van der Waals surface area contributed by atoms with E-state index in [2.05, 4.69) is 20.5 Å². The molecule has 0 unspecified atom stereocenters. The summed E-state index contributed by atoms with van der Waals surface area (Å²) in [5.41, 5.74) is 5.56. The van der Waals surface area contributed by atoms with Crippen molar-refractivity contribution in [2.24, 2.45) is 5.10 Å². The number of rotatable bonds is 4. The summed E-state index contributed by atoms with van der Waals surface area (Å²) in [6.07, 6.45) is 5.14. The Morgan fingerprint density at radius 1 is 1.10 bits per heavy atom. The normalized spacial score (nSPS) is 10.9. The summed E-state index contributed by atoms with van der Waals surface area (Å²) in [7, 11) is 1.64. The van der Waals surface area contributed by atoms with Crippen LogP contribution in [0, 0.1) is 0 Å². The minimum absolute atomic E-state index is 0.782. The van der Waals surface area contributed by atoms with Crippen molar-refractivity contribution in [2.75, 3.05) is 12.5 Å². The van der Waals surface area contributed by atoms with Gasteiger partial charge in [-0.05, 0) is 30.3 Å². The highest BCUT2D eigenvalue weighted by Gasteiger charge is 2.02. The van der Waals surface area contributed by atoms with Gasteiger partial charge in [0.2, 0.25) is 0 Å². The minimum Gasteiger partial charge on any atom is -0.497 e. The molecule has 0 radical (unpaired) electrons. The molecule has 5 nitrogen and oxygen atoms in total. The van der Waals surface area contributed by atoms with Gasteiger partial charge in [-0.15, -0.1) is 0 Å². The molecule has 0 amide bonds. The van der Waals surface area contributed by atoms with E-state index in [0.717, 1.165) is 28.0 Å². The Morgan fingerprint density at radius 3 is 2.86 bits per heavy atom. The zero-order valence-electron chi connectivity index (χ0n) is 11.5. The molecule has 2 aromatic heterocycles. The summed E-state index contributed by atoms with van der Waals surface area (Å²) in [6.45, 7) is 0. The monoisotopic (exact) mass is 278 g/mol. The third-order valence-corrected chi connectivity index (χ3v) is 3.02. The van der Waals surface area contributed by atoms with Gasteiger partial charge in [0.15, 0.2) is 0 Å². The zero-order valence-corrected chi connectivity index (χ0v) is 11.5. The van der Waals surface area contributed by atoms with Gasteiger partial charge in [-0.1, -0.05) is 6.07 Å². The second kappa shape index (κ2) is 6.00. The van der Waals surface area contributed by atoms with E-state index in [1.54, 1.807) is 25.7 Å². The molecule has 104 valence electrons. The van der Waals surface area contributed by atoms with Crippen LogP contribution in [-0.2, 0) is 0 Å². The number of anilines is 1. The lowest BCUT2D eigenvalue weighted by Gasteiger charge is -2.06. The summed E-state index contributed by atoms with van der Waals surface area (Å²) in [5, 5.41) is 5.19. The van der Waals surface area contributed by atoms with Crippen LogP contribution in [0.3, 0.4) is 0 Å². The van der Waals surface area contributed by atoms with Crippen LogP contribution in [0.15, 0.2) is 60.0 Å². The minimum atomic E-state index is 0.782. The molecule has 0 saturated heterocycles. The molecular weight excluding hydrogens is 264 g/mol. The highest BCUT2D eigenvalue weighted by atomic mass is 16.5. The summed E-state index contributed by atoms with van der Waals surface area (Å²) in [4.78, 5) is 8.51. The maximum absolute atomic E-state index is 5.20. The van der Waals surface area contributed by atoms with Gasteiger partial charge in [0.1, 0.15) is 5.75 Å². The van der Waals surface area contributed by atoms with Crippen LogP contribution in [-0.4, -0.2) is 23.3 Å². The van der Waals surface area contributed by atoms with Crippen LogP contribution in [0.1, 0.15) is 5.69 Å². The average molecular weight is 278 g/mol. The molecule has 3 rings (SSSR count). The summed E-state index contributed by atoms with van der Waals surface area (Å²) < 4.78 is 5.20. The van der Waals surface area contributed by atoms with Crippen molar-refractivity contribution in [1.29, 1.82) is 0 Å². The maximum atomic E-state index is 5.20. The Bertz CT molecular complexity index is 772. The molecule has 0 aliphatic rings. The second-order valence-corrected chi connectivity index (χ2v) is 4.37. The molecule has 3 aromatic rings. The first-order valence-electron chi connectivity index (χ1n) is 6.50. The van der Waals surface area contributed by atoms with Gasteiger partial charge in [0.05, 0.1) is 30.2 Å². The number of hydrazone groups is 1. The van der Waals surface area contributed by atoms with Gasteiger partial charge in [-0.2, -0.15) is 5.10 Å². The number of hydrogen-bond acceptors (Lipinski definition) is 5. The fraction of sp³-hybridized carbons (Fsp3) is 0.0625. The molecule has 0 saturated carbocycles. The number of aromatic nitrogens is 2. The molecule has 21 heavy (non-hydrogen) atoms. The lowest BCUT2D eigenvalue weighted by Crippen LogP contribution is -1.94. The smallest absolute Gasteiger partial charge is 0.121 e. The number of methoxy groups -OCH3 is 1. The van der Waals surface area contributed by atoms with E-state index in [0.29, 0.717) is 0 Å². The van der Waals surface area contributed by atoms with E-state index in [-0.39, 0.29) is 0 Å². The number of fused-ring (bicyclic) bond motifs is 1. The SMILES string of the molecule is COc1ccc2c(N/N=C/c3ccccn3)ccnc2c1. The van der Waals surface area contributed by atoms with Crippen LogP contribution in [0.25, 0.3) is 10.9 Å². The molecular formula is C16H14N4O. The third-order valence-electron chi connectivity index (χ3n) is 3.02. The molecule has 0 aliphatic carbocycles. The number of benzene rings is 1. The maximum Gasteiger partial charge on any atom is 0.121 e. The molecule has 2 heterocycles. The standard InChI is InChI=1S/C16H14N4O/c1-21-13-5-6-14-15(7-9-18-16(14)10-13)20-19-11-12-4-2-3-8-17-12/h2-11H,1H3,(H,18,20)/b19-11+. The summed E-state index contributed by atoms with van der Waals surface area (Å²) in [6, 6.07) is 13.3. The fourth-order valence-corrected chi connectivity index (χ4v) is 1.97. The first-order valence-corrected chi connectivity index (χ1v) is 6.50. The van der Waals surface area contributed by atoms with Crippen LogP contribution in [0.5, 0.6) is 5.75 Å². The van der Waals surface area contributed by atoms with E-state index in [4.69, 9.17) is 4.74 Å². The lowest BCUT2D eigenvalue weighted by atomic mass is 10.2. The number of nitrogens with zero attached hydrogens (tertiary/aromatic N) is 3. The number of pyridine rings is 2. The Morgan fingerprint density at radius 2 is 2.05 bits per heavy atom. The van der Waals surface area contributed by atoms with Crippen LogP contribution >= 0.6 is 0 Å². The molecule has 0 fully saturated rings. The number of nitrogens with one attached hydrogen (secondary N) is 1. The van der Waals surface area contributed by atoms with Crippen LogP contribution in [0.4, 0.5) is 5.69 Å². The van der Waals surface area contributed by atoms with Gasteiger partial charge in [0, 0.05) is 23.8 Å². The summed E-state index contributed by atoms with van der Waals surface area (Å²) in [5.74, 6) is 0.782. The number of ether oxygens (including phenoxy) is 1. The molecule has 0 bridgehead atoms. The molecule has 0 spiro atoms. The van der Waals surface area contributed by atoms with E-state index in [1.165, 1.54) is 0 Å². The molecule has 1 aromatic carbocycles. The van der Waals surface area contributed by atoms with Gasteiger partial charge in [0.25, 0.3) is 0 Å². The Labute approximate surface area is 122 Å². The lowest BCUT2D eigenvalue weighted by molar-refractivity contribution is 0.415. The van der Waals surface area contributed by atoms with Gasteiger partial charge in [-0.3, -0.25) is 15.4 Å². The molecule has 5 heteroatoms. The number of hydrogen-bond donors (Lipinski definition) is 1. The van der Waals surface area contributed by atoms with Crippen molar-refractivity contribution in [3.8, 4) is 5.75 Å². The first kappa shape index (κ1) is 13.1. The topological polar surface area (TPSA) is 59.4 Å². The average Bonchev–Trinajstić information content (AvgIpc) is 2.55. The third kappa shape index (κ3) is 2.97. The Balaban J connectivity index is 1.85. The second-order valence-electron chi connectivity index (χ2n) is 4.37. The van der Waals surface area contributed by atoms with Crippen molar-refractivity contribution in [2.45, 2.75) is 0 Å².